The van der Waals surface area contributed by atoms with E-state index in [2.05, 4.69) is 0 Å². The molecule has 0 aromatic heterocycles. The minimum atomic E-state index is -0.685. The second-order valence-electron chi connectivity index (χ2n) is 5.22. The van der Waals surface area contributed by atoms with Gasteiger partial charge >= 0.3 is 0 Å². The van der Waals surface area contributed by atoms with Crippen LogP contribution in [-0.4, -0.2) is 25.7 Å². The highest BCUT2D eigenvalue weighted by Gasteiger charge is 2.34. The first kappa shape index (κ1) is 13.8. The molecule has 7 heteroatoms. The first-order chi connectivity index (χ1) is 11.2. The van der Waals surface area contributed by atoms with Gasteiger partial charge in [0.25, 0.3) is 6.29 Å². The number of nitrogens with two attached hydrogens (primary N) is 2. The van der Waals surface area contributed by atoms with E-state index >= 15 is 0 Å². The number of rotatable bonds is 3. The van der Waals surface area contributed by atoms with Crippen molar-refractivity contribution in [2.24, 2.45) is 5.73 Å². The molecular weight excluding hydrogens is 300 g/mol. The van der Waals surface area contributed by atoms with Crippen molar-refractivity contribution in [2.75, 3.05) is 19.1 Å². The van der Waals surface area contributed by atoms with Gasteiger partial charge in [0, 0.05) is 30.4 Å². The summed E-state index contributed by atoms with van der Waals surface area (Å²) in [7, 11) is 0. The molecule has 120 valence electrons. The molecule has 0 bridgehead atoms. The lowest BCUT2D eigenvalue weighted by Crippen LogP contribution is -2.48. The van der Waals surface area contributed by atoms with Crippen molar-refractivity contribution >= 4 is 5.69 Å². The van der Waals surface area contributed by atoms with E-state index in [-0.39, 0.29) is 13.3 Å². The van der Waals surface area contributed by atoms with Gasteiger partial charge in [-0.25, -0.2) is 0 Å². The Hall–Kier alpha value is -2.80. The minimum absolute atomic E-state index is 0.182. The van der Waals surface area contributed by atoms with E-state index in [1.165, 1.54) is 0 Å². The van der Waals surface area contributed by atoms with Crippen LogP contribution in [0.15, 0.2) is 36.4 Å². The van der Waals surface area contributed by atoms with E-state index < -0.39 is 12.4 Å². The second-order valence-corrected chi connectivity index (χ2v) is 5.22. The summed E-state index contributed by atoms with van der Waals surface area (Å²) in [5.41, 5.74) is 12.1. The number of hydrogen-bond donors (Lipinski definition) is 2. The zero-order chi connectivity index (χ0) is 15.8. The second kappa shape index (κ2) is 5.44. The first-order valence-corrected chi connectivity index (χ1v) is 7.22. The fourth-order valence-corrected chi connectivity index (χ4v) is 2.49. The minimum Gasteiger partial charge on any atom is -0.477 e. The summed E-state index contributed by atoms with van der Waals surface area (Å²) in [6.07, 6.45) is -1.14. The van der Waals surface area contributed by atoms with E-state index in [1.807, 2.05) is 0 Å². The van der Waals surface area contributed by atoms with Crippen LogP contribution in [0.4, 0.5) is 5.69 Å². The zero-order valence-electron chi connectivity index (χ0n) is 12.2. The summed E-state index contributed by atoms with van der Waals surface area (Å²) in [6.45, 7) is 0.419. The van der Waals surface area contributed by atoms with Gasteiger partial charge in [0.2, 0.25) is 6.79 Å². The molecule has 23 heavy (non-hydrogen) atoms. The van der Waals surface area contributed by atoms with Crippen LogP contribution in [0.25, 0.3) is 0 Å². The number of benzene rings is 2. The molecular formula is C16H16N2O5. The number of anilines is 1. The van der Waals surface area contributed by atoms with Gasteiger partial charge < -0.3 is 35.2 Å². The van der Waals surface area contributed by atoms with Crippen molar-refractivity contribution in [3.63, 3.8) is 0 Å². The number of ether oxygens (including phenoxy) is 5. The molecule has 2 aromatic carbocycles. The normalized spacial score (nSPS) is 21.1. The highest BCUT2D eigenvalue weighted by molar-refractivity contribution is 5.56. The van der Waals surface area contributed by atoms with Crippen LogP contribution in [-0.2, 0) is 0 Å². The molecule has 0 amide bonds. The quantitative estimate of drug-likeness (QED) is 0.828. The van der Waals surface area contributed by atoms with Gasteiger partial charge in [-0.15, -0.1) is 0 Å². The third-order valence-corrected chi connectivity index (χ3v) is 3.61. The average molecular weight is 316 g/mol. The van der Waals surface area contributed by atoms with E-state index in [4.69, 9.17) is 35.2 Å². The van der Waals surface area contributed by atoms with E-state index in [0.29, 0.717) is 34.4 Å². The molecule has 2 aliphatic rings. The van der Waals surface area contributed by atoms with Crippen LogP contribution in [0.2, 0.25) is 0 Å². The van der Waals surface area contributed by atoms with Gasteiger partial charge in [-0.05, 0) is 12.1 Å². The third kappa shape index (κ3) is 2.55. The third-order valence-electron chi connectivity index (χ3n) is 3.61. The Balaban J connectivity index is 1.61. The molecule has 0 saturated heterocycles. The molecule has 0 spiro atoms. The Bertz CT molecular complexity index is 736. The largest absolute Gasteiger partial charge is 0.477 e. The van der Waals surface area contributed by atoms with Crippen LogP contribution >= 0.6 is 0 Å². The van der Waals surface area contributed by atoms with Gasteiger partial charge in [0.15, 0.2) is 29.1 Å². The van der Waals surface area contributed by atoms with Crippen molar-refractivity contribution in [1.82, 2.24) is 0 Å². The zero-order valence-corrected chi connectivity index (χ0v) is 12.2. The van der Waals surface area contributed by atoms with E-state index in [1.54, 1.807) is 36.4 Å². The number of fused-ring (bicyclic) bond motifs is 2. The van der Waals surface area contributed by atoms with Gasteiger partial charge in [0.1, 0.15) is 5.75 Å². The maximum Gasteiger partial charge on any atom is 0.279 e. The topological polar surface area (TPSA) is 98.2 Å². The number of hydrogen-bond acceptors (Lipinski definition) is 7. The SMILES string of the molecule is NCC1Oc2cc3c(cc2OC1Oc1cccc(N)c1)OCO3. The van der Waals surface area contributed by atoms with Crippen LogP contribution in [0, 0.1) is 0 Å². The molecule has 0 saturated carbocycles. The number of nitrogen functional groups attached to an aromatic ring is 1. The summed E-state index contributed by atoms with van der Waals surface area (Å²) >= 11 is 0. The highest BCUT2D eigenvalue weighted by Crippen LogP contribution is 2.45. The molecule has 2 heterocycles. The molecule has 2 unspecified atom stereocenters. The van der Waals surface area contributed by atoms with Gasteiger partial charge in [-0.1, -0.05) is 6.07 Å². The molecule has 2 aromatic rings. The molecule has 4 N–H and O–H groups in total. The predicted molar refractivity (Wildman–Crippen MR) is 81.9 cm³/mol. The van der Waals surface area contributed by atoms with Gasteiger partial charge in [-0.2, -0.15) is 0 Å². The first-order valence-electron chi connectivity index (χ1n) is 7.22. The fourth-order valence-electron chi connectivity index (χ4n) is 2.49. The molecule has 2 aliphatic heterocycles. The molecule has 0 radical (unpaired) electrons. The lowest BCUT2D eigenvalue weighted by Gasteiger charge is -2.33. The lowest BCUT2D eigenvalue weighted by atomic mass is 10.2. The molecule has 4 rings (SSSR count). The van der Waals surface area contributed by atoms with Crippen LogP contribution in [0.3, 0.4) is 0 Å². The van der Waals surface area contributed by atoms with Crippen molar-refractivity contribution < 1.29 is 23.7 Å². The van der Waals surface area contributed by atoms with E-state index in [0.717, 1.165) is 0 Å². The monoisotopic (exact) mass is 316 g/mol. The Kier molecular flexibility index (Phi) is 3.27. The Morgan fingerprint density at radius 3 is 2.43 bits per heavy atom. The maximum atomic E-state index is 5.90. The van der Waals surface area contributed by atoms with Crippen molar-refractivity contribution in [3.05, 3.63) is 36.4 Å². The summed E-state index contributed by atoms with van der Waals surface area (Å²) in [5.74, 6) is 2.89. The predicted octanol–water partition coefficient (Wildman–Crippen LogP) is 1.50. The summed E-state index contributed by atoms with van der Waals surface area (Å²) in [6, 6.07) is 10.5. The summed E-state index contributed by atoms with van der Waals surface area (Å²) < 4.78 is 28.3. The standard InChI is InChI=1S/C16H16N2O5/c17-7-15-16(21-10-3-1-2-9(18)4-10)23-14-6-12-11(19-8-20-12)5-13(14)22-15/h1-6,15-16H,7-8,17-18H2. The smallest absolute Gasteiger partial charge is 0.279 e. The van der Waals surface area contributed by atoms with Crippen LogP contribution < -0.4 is 35.2 Å². The fraction of sp³-hybridized carbons (Fsp3) is 0.250. The maximum absolute atomic E-state index is 5.90. The van der Waals surface area contributed by atoms with Crippen molar-refractivity contribution in [3.8, 4) is 28.7 Å². The highest BCUT2D eigenvalue weighted by atomic mass is 16.7. The summed E-state index contributed by atoms with van der Waals surface area (Å²) in [4.78, 5) is 0. The average Bonchev–Trinajstić information content (AvgIpc) is 2.99. The molecule has 7 nitrogen and oxygen atoms in total. The Labute approximate surface area is 132 Å². The Morgan fingerprint density at radius 2 is 1.74 bits per heavy atom. The lowest BCUT2D eigenvalue weighted by molar-refractivity contribution is -0.0919. The van der Waals surface area contributed by atoms with Gasteiger partial charge in [0.05, 0.1) is 0 Å². The molecule has 0 fully saturated rings. The molecule has 2 atom stereocenters. The van der Waals surface area contributed by atoms with Crippen LogP contribution in [0.5, 0.6) is 28.7 Å². The summed E-state index contributed by atoms with van der Waals surface area (Å²) in [5, 5.41) is 0. The van der Waals surface area contributed by atoms with Gasteiger partial charge in [-0.3, -0.25) is 0 Å². The Morgan fingerprint density at radius 1 is 1.00 bits per heavy atom. The molecule has 0 aliphatic carbocycles. The van der Waals surface area contributed by atoms with Crippen molar-refractivity contribution in [1.29, 1.82) is 0 Å². The van der Waals surface area contributed by atoms with E-state index in [9.17, 15) is 0 Å². The van der Waals surface area contributed by atoms with Crippen molar-refractivity contribution in [2.45, 2.75) is 12.4 Å². The van der Waals surface area contributed by atoms with Crippen LogP contribution in [0.1, 0.15) is 0 Å².